The molecule has 0 spiro atoms. The third-order valence-corrected chi connectivity index (χ3v) is 2.19. The monoisotopic (exact) mass is 229 g/mol. The molecule has 0 saturated carbocycles. The van der Waals surface area contributed by atoms with Crippen LogP contribution in [0.25, 0.3) is 0 Å². The van der Waals surface area contributed by atoms with Gasteiger partial charge < -0.3 is 15.5 Å². The second kappa shape index (κ2) is 8.10. The summed E-state index contributed by atoms with van der Waals surface area (Å²) in [5, 5.41) is 5.80. The lowest BCUT2D eigenvalue weighted by Crippen LogP contribution is -2.42. The second-order valence-corrected chi connectivity index (χ2v) is 4.01. The Balaban J connectivity index is 3.65. The Labute approximate surface area is 97.6 Å². The van der Waals surface area contributed by atoms with Crippen molar-refractivity contribution in [2.75, 3.05) is 27.2 Å². The number of likely N-dealkylation sites (N-methyl/N-ethyl adjacent to an activating group) is 1. The van der Waals surface area contributed by atoms with Crippen molar-refractivity contribution in [3.05, 3.63) is 0 Å². The normalized spacial score (nSPS) is 12.0. The van der Waals surface area contributed by atoms with Crippen molar-refractivity contribution < 1.29 is 9.59 Å². The summed E-state index contributed by atoms with van der Waals surface area (Å²) in [4.78, 5) is 24.2. The zero-order valence-corrected chi connectivity index (χ0v) is 10.7. The van der Waals surface area contributed by atoms with Gasteiger partial charge in [-0.15, -0.1) is 0 Å². The van der Waals surface area contributed by atoms with E-state index in [-0.39, 0.29) is 17.9 Å². The minimum absolute atomic E-state index is 0.0222. The smallest absolute Gasteiger partial charge is 0.238 e. The van der Waals surface area contributed by atoms with Gasteiger partial charge in [-0.1, -0.05) is 6.92 Å². The van der Waals surface area contributed by atoms with Crippen molar-refractivity contribution in [3.8, 4) is 0 Å². The van der Waals surface area contributed by atoms with Crippen molar-refractivity contribution in [1.29, 1.82) is 0 Å². The molecule has 5 nitrogen and oxygen atoms in total. The first-order valence-electron chi connectivity index (χ1n) is 5.70. The molecule has 0 aliphatic rings. The van der Waals surface area contributed by atoms with E-state index in [4.69, 9.17) is 0 Å². The van der Waals surface area contributed by atoms with Gasteiger partial charge in [0.15, 0.2) is 0 Å². The molecule has 5 heteroatoms. The molecule has 0 rings (SSSR count). The third kappa shape index (κ3) is 6.40. The predicted molar refractivity (Wildman–Crippen MR) is 64.1 cm³/mol. The van der Waals surface area contributed by atoms with E-state index < -0.39 is 0 Å². The van der Waals surface area contributed by atoms with E-state index in [1.165, 1.54) is 4.90 Å². The van der Waals surface area contributed by atoms with E-state index in [1.807, 2.05) is 6.92 Å². The van der Waals surface area contributed by atoms with Crippen LogP contribution in [0.1, 0.15) is 26.7 Å². The van der Waals surface area contributed by atoms with Crippen molar-refractivity contribution in [3.63, 3.8) is 0 Å². The van der Waals surface area contributed by atoms with Gasteiger partial charge in [0.05, 0.1) is 6.04 Å². The minimum Gasteiger partial charge on any atom is -0.356 e. The van der Waals surface area contributed by atoms with Crippen molar-refractivity contribution >= 4 is 11.8 Å². The first-order valence-corrected chi connectivity index (χ1v) is 5.70. The van der Waals surface area contributed by atoms with Gasteiger partial charge in [0.25, 0.3) is 0 Å². The summed E-state index contributed by atoms with van der Waals surface area (Å²) in [5.41, 5.74) is 0. The number of hydrogen-bond donors (Lipinski definition) is 2. The summed E-state index contributed by atoms with van der Waals surface area (Å²) in [6.07, 6.45) is 1.35. The zero-order valence-electron chi connectivity index (χ0n) is 10.7. The van der Waals surface area contributed by atoms with E-state index >= 15 is 0 Å². The van der Waals surface area contributed by atoms with Crippen molar-refractivity contribution in [2.45, 2.75) is 32.7 Å². The quantitative estimate of drug-likeness (QED) is 0.644. The fourth-order valence-electron chi connectivity index (χ4n) is 1.23. The summed E-state index contributed by atoms with van der Waals surface area (Å²) in [6.45, 7) is 5.05. The fraction of sp³-hybridized carbons (Fsp3) is 0.818. The number of nitrogens with zero attached hydrogens (tertiary/aromatic N) is 1. The van der Waals surface area contributed by atoms with Crippen LogP contribution in [0.5, 0.6) is 0 Å². The molecular formula is C11H23N3O2. The summed E-state index contributed by atoms with van der Waals surface area (Å²) in [7, 11) is 3.43. The minimum atomic E-state index is -0.242. The molecule has 0 fully saturated rings. The average molecular weight is 229 g/mol. The van der Waals surface area contributed by atoms with Crippen LogP contribution in [-0.2, 0) is 9.59 Å². The molecule has 0 aromatic carbocycles. The van der Waals surface area contributed by atoms with Gasteiger partial charge in [0.1, 0.15) is 0 Å². The lowest BCUT2D eigenvalue weighted by Gasteiger charge is -2.17. The molecule has 0 heterocycles. The summed E-state index contributed by atoms with van der Waals surface area (Å²) >= 11 is 0. The molecular weight excluding hydrogens is 206 g/mol. The Bertz CT molecular complexity index is 229. The maximum atomic E-state index is 11.5. The fourth-order valence-corrected chi connectivity index (χ4v) is 1.23. The van der Waals surface area contributed by atoms with Crippen LogP contribution in [-0.4, -0.2) is 49.9 Å². The molecule has 0 bridgehead atoms. The maximum absolute atomic E-state index is 11.5. The van der Waals surface area contributed by atoms with Crippen LogP contribution < -0.4 is 10.6 Å². The van der Waals surface area contributed by atoms with Gasteiger partial charge >= 0.3 is 0 Å². The van der Waals surface area contributed by atoms with E-state index in [2.05, 4.69) is 10.6 Å². The highest BCUT2D eigenvalue weighted by Gasteiger charge is 2.13. The van der Waals surface area contributed by atoms with Crippen LogP contribution in [0, 0.1) is 0 Å². The first-order chi connectivity index (χ1) is 7.49. The van der Waals surface area contributed by atoms with E-state index in [0.717, 1.165) is 6.42 Å². The number of amides is 2. The molecule has 1 unspecified atom stereocenters. The highest BCUT2D eigenvalue weighted by molar-refractivity contribution is 5.81. The van der Waals surface area contributed by atoms with Crippen LogP contribution in [0.3, 0.4) is 0 Å². The van der Waals surface area contributed by atoms with Crippen molar-refractivity contribution in [2.24, 2.45) is 0 Å². The standard InChI is InChI=1S/C11H23N3O2/c1-5-7-13-10(15)6-8-12-9(2)11(16)14(3)4/h9,12H,5-8H2,1-4H3,(H,13,15). The van der Waals surface area contributed by atoms with Crippen LogP contribution in [0.2, 0.25) is 0 Å². The molecule has 1 atom stereocenters. The molecule has 16 heavy (non-hydrogen) atoms. The van der Waals surface area contributed by atoms with Crippen LogP contribution in [0.15, 0.2) is 0 Å². The molecule has 2 N–H and O–H groups in total. The molecule has 0 radical (unpaired) electrons. The highest BCUT2D eigenvalue weighted by atomic mass is 16.2. The Morgan fingerprint density at radius 3 is 2.38 bits per heavy atom. The lowest BCUT2D eigenvalue weighted by molar-refractivity contribution is -0.130. The molecule has 0 aromatic rings. The van der Waals surface area contributed by atoms with Gasteiger partial charge in [-0.05, 0) is 13.3 Å². The maximum Gasteiger partial charge on any atom is 0.238 e. The first kappa shape index (κ1) is 14.9. The van der Waals surface area contributed by atoms with Crippen LogP contribution >= 0.6 is 0 Å². The van der Waals surface area contributed by atoms with Crippen LogP contribution in [0.4, 0.5) is 0 Å². The van der Waals surface area contributed by atoms with Gasteiger partial charge in [-0.2, -0.15) is 0 Å². The average Bonchev–Trinajstić information content (AvgIpc) is 2.24. The molecule has 2 amide bonds. The van der Waals surface area contributed by atoms with E-state index in [9.17, 15) is 9.59 Å². The number of rotatable bonds is 7. The number of carbonyl (C=O) groups is 2. The Kier molecular flexibility index (Phi) is 7.54. The molecule has 94 valence electrons. The van der Waals surface area contributed by atoms with Crippen molar-refractivity contribution in [1.82, 2.24) is 15.5 Å². The summed E-state index contributed by atoms with van der Waals surface area (Å²) < 4.78 is 0. The van der Waals surface area contributed by atoms with E-state index in [0.29, 0.717) is 19.5 Å². The second-order valence-electron chi connectivity index (χ2n) is 4.01. The molecule has 0 saturated heterocycles. The predicted octanol–water partition coefficient (Wildman–Crippen LogP) is -0.0310. The SMILES string of the molecule is CCCNC(=O)CCNC(C)C(=O)N(C)C. The number of nitrogens with one attached hydrogen (secondary N) is 2. The number of hydrogen-bond acceptors (Lipinski definition) is 3. The van der Waals surface area contributed by atoms with Gasteiger partial charge in [-0.25, -0.2) is 0 Å². The topological polar surface area (TPSA) is 61.4 Å². The van der Waals surface area contributed by atoms with Gasteiger partial charge in [0, 0.05) is 33.6 Å². The highest BCUT2D eigenvalue weighted by Crippen LogP contribution is 1.89. The third-order valence-electron chi connectivity index (χ3n) is 2.19. The summed E-state index contributed by atoms with van der Waals surface area (Å²) in [6, 6.07) is -0.242. The van der Waals surface area contributed by atoms with Gasteiger partial charge in [0.2, 0.25) is 11.8 Å². The molecule has 0 aliphatic heterocycles. The largest absolute Gasteiger partial charge is 0.356 e. The summed E-state index contributed by atoms with van der Waals surface area (Å²) in [5.74, 6) is 0.0489. The Morgan fingerprint density at radius 1 is 1.25 bits per heavy atom. The Hall–Kier alpha value is -1.10. The molecule has 0 aliphatic carbocycles. The Morgan fingerprint density at radius 2 is 1.88 bits per heavy atom. The van der Waals surface area contributed by atoms with Gasteiger partial charge in [-0.3, -0.25) is 9.59 Å². The molecule has 0 aromatic heterocycles. The zero-order chi connectivity index (χ0) is 12.6. The lowest BCUT2D eigenvalue weighted by atomic mass is 10.3. The number of carbonyl (C=O) groups excluding carboxylic acids is 2. The van der Waals surface area contributed by atoms with E-state index in [1.54, 1.807) is 21.0 Å².